The normalized spacial score (nSPS) is 23.5. The minimum absolute atomic E-state index is 0.0605. The van der Waals surface area contributed by atoms with Crippen LogP contribution >= 0.6 is 0 Å². The first-order chi connectivity index (χ1) is 11.7. The molecule has 5 nitrogen and oxygen atoms in total. The number of aryl methyl sites for hydroxylation is 1. The van der Waals surface area contributed by atoms with Gasteiger partial charge in [-0.25, -0.2) is 4.98 Å². The van der Waals surface area contributed by atoms with Gasteiger partial charge in [0.2, 0.25) is 0 Å². The highest BCUT2D eigenvalue weighted by molar-refractivity contribution is 5.92. The Morgan fingerprint density at radius 1 is 1.25 bits per heavy atom. The third kappa shape index (κ3) is 2.91. The lowest BCUT2D eigenvalue weighted by Gasteiger charge is -2.53. The first-order valence-corrected chi connectivity index (χ1v) is 8.56. The van der Waals surface area contributed by atoms with Crippen LogP contribution in [0.1, 0.15) is 28.2 Å². The number of hydrogen-bond acceptors (Lipinski definition) is 4. The topological polar surface area (TPSA) is 49.3 Å². The molecule has 2 aromatic heterocycles. The summed E-state index contributed by atoms with van der Waals surface area (Å²) in [6.07, 6.45) is 4.82. The summed E-state index contributed by atoms with van der Waals surface area (Å²) < 4.78 is 0. The Labute approximate surface area is 142 Å². The summed E-state index contributed by atoms with van der Waals surface area (Å²) in [4.78, 5) is 25.7. The van der Waals surface area contributed by atoms with E-state index in [0.29, 0.717) is 11.7 Å². The average molecular weight is 322 g/mol. The molecular weight excluding hydrogens is 300 g/mol. The van der Waals surface area contributed by atoms with Crippen molar-refractivity contribution in [3.05, 3.63) is 59.7 Å². The maximum atomic E-state index is 12.7. The van der Waals surface area contributed by atoms with Crippen LogP contribution in [0.4, 0.5) is 0 Å². The molecule has 0 unspecified atom stereocenters. The summed E-state index contributed by atoms with van der Waals surface area (Å²) in [5, 5.41) is 0. The van der Waals surface area contributed by atoms with E-state index in [1.165, 1.54) is 5.56 Å². The van der Waals surface area contributed by atoms with Crippen LogP contribution in [0.2, 0.25) is 0 Å². The molecule has 24 heavy (non-hydrogen) atoms. The van der Waals surface area contributed by atoms with Gasteiger partial charge in [-0.05, 0) is 43.0 Å². The third-order valence-corrected chi connectivity index (χ3v) is 5.16. The minimum atomic E-state index is 0.0605. The number of fused-ring (bicyclic) bond motifs is 1. The number of likely N-dealkylation sites (tertiary alicyclic amines) is 2. The lowest BCUT2D eigenvalue weighted by atomic mass is 9.82. The zero-order chi connectivity index (χ0) is 16.5. The van der Waals surface area contributed by atoms with E-state index in [9.17, 15) is 4.79 Å². The van der Waals surface area contributed by atoms with Crippen LogP contribution in [0.3, 0.4) is 0 Å². The van der Waals surface area contributed by atoms with Gasteiger partial charge >= 0.3 is 0 Å². The summed E-state index contributed by atoms with van der Waals surface area (Å²) in [7, 11) is 0. The van der Waals surface area contributed by atoms with Crippen LogP contribution < -0.4 is 0 Å². The van der Waals surface area contributed by atoms with Crippen molar-refractivity contribution in [1.82, 2.24) is 19.8 Å². The average Bonchev–Trinajstić information content (AvgIpc) is 2.60. The quantitative estimate of drug-likeness (QED) is 0.869. The van der Waals surface area contributed by atoms with E-state index in [0.717, 1.165) is 44.2 Å². The zero-order valence-corrected chi connectivity index (χ0v) is 13.9. The van der Waals surface area contributed by atoms with E-state index < -0.39 is 0 Å². The van der Waals surface area contributed by atoms with E-state index >= 15 is 0 Å². The van der Waals surface area contributed by atoms with Gasteiger partial charge in [-0.1, -0.05) is 12.1 Å². The Morgan fingerprint density at radius 3 is 2.96 bits per heavy atom. The molecule has 4 heterocycles. The van der Waals surface area contributed by atoms with Gasteiger partial charge in [0, 0.05) is 50.3 Å². The summed E-state index contributed by atoms with van der Waals surface area (Å²) in [5.74, 6) is 0.779. The molecule has 0 spiro atoms. The van der Waals surface area contributed by atoms with Crippen LogP contribution in [0, 0.1) is 12.8 Å². The fraction of sp³-hybridized carbons (Fsp3) is 0.421. The maximum Gasteiger partial charge on any atom is 0.272 e. The molecule has 0 N–H and O–H groups in total. The lowest BCUT2D eigenvalue weighted by molar-refractivity contribution is -0.0429. The molecule has 0 aliphatic carbocycles. The molecule has 124 valence electrons. The molecular formula is C19H22N4O. The van der Waals surface area contributed by atoms with Crippen LogP contribution in [0.15, 0.2) is 42.7 Å². The fourth-order valence-electron chi connectivity index (χ4n) is 3.82. The van der Waals surface area contributed by atoms with Crippen molar-refractivity contribution < 1.29 is 4.79 Å². The van der Waals surface area contributed by atoms with Crippen LogP contribution in [0.5, 0.6) is 0 Å². The number of aromatic nitrogens is 2. The van der Waals surface area contributed by atoms with Crippen molar-refractivity contribution in [2.24, 2.45) is 5.92 Å². The number of rotatable bonds is 3. The summed E-state index contributed by atoms with van der Waals surface area (Å²) in [6.45, 7) is 5.62. The number of hydrogen-bond donors (Lipinski definition) is 0. The van der Waals surface area contributed by atoms with Gasteiger partial charge < -0.3 is 4.90 Å². The fourth-order valence-corrected chi connectivity index (χ4v) is 3.82. The molecule has 1 amide bonds. The van der Waals surface area contributed by atoms with E-state index in [2.05, 4.69) is 20.9 Å². The molecule has 0 bridgehead atoms. The second kappa shape index (κ2) is 6.32. The SMILES string of the molecule is Cc1cccc(C(=O)N2CC[C@@H]3CN(Cc4cccnc4)[C@@H]3C2)n1. The van der Waals surface area contributed by atoms with Gasteiger partial charge in [-0.3, -0.25) is 14.7 Å². The smallest absolute Gasteiger partial charge is 0.272 e. The standard InChI is InChI=1S/C19H22N4O/c1-14-4-2-6-17(21-14)19(24)22-9-7-16-12-23(18(16)13-22)11-15-5-3-8-20-10-15/h2-6,8,10,16,18H,7,9,11-13H2,1H3/t16-,18-/m1/s1. The number of carbonyl (C=O) groups excluding carboxylic acids is 1. The van der Waals surface area contributed by atoms with E-state index in [4.69, 9.17) is 0 Å². The van der Waals surface area contributed by atoms with Crippen molar-refractivity contribution in [2.75, 3.05) is 19.6 Å². The summed E-state index contributed by atoms with van der Waals surface area (Å²) in [6, 6.07) is 10.2. The lowest BCUT2D eigenvalue weighted by Crippen LogP contribution is -2.64. The van der Waals surface area contributed by atoms with Crippen molar-refractivity contribution in [3.8, 4) is 0 Å². The van der Waals surface area contributed by atoms with Crippen molar-refractivity contribution >= 4 is 5.91 Å². The highest BCUT2D eigenvalue weighted by Gasteiger charge is 2.43. The van der Waals surface area contributed by atoms with Gasteiger partial charge in [0.25, 0.3) is 5.91 Å². The predicted octanol–water partition coefficient (Wildman–Crippen LogP) is 2.13. The molecule has 0 radical (unpaired) electrons. The Balaban J connectivity index is 1.42. The van der Waals surface area contributed by atoms with Crippen molar-refractivity contribution in [3.63, 3.8) is 0 Å². The Morgan fingerprint density at radius 2 is 2.17 bits per heavy atom. The van der Waals surface area contributed by atoms with Gasteiger partial charge in [-0.15, -0.1) is 0 Å². The Hall–Kier alpha value is -2.27. The molecule has 2 saturated heterocycles. The molecule has 4 rings (SSSR count). The molecule has 2 aliphatic heterocycles. The highest BCUT2D eigenvalue weighted by Crippen LogP contribution is 2.34. The number of nitrogens with zero attached hydrogens (tertiary/aromatic N) is 4. The number of amides is 1. The van der Waals surface area contributed by atoms with Crippen molar-refractivity contribution in [2.45, 2.75) is 25.9 Å². The second-order valence-electron chi connectivity index (χ2n) is 6.82. The van der Waals surface area contributed by atoms with Gasteiger partial charge in [0.05, 0.1) is 0 Å². The van der Waals surface area contributed by atoms with Crippen LogP contribution in [-0.2, 0) is 6.54 Å². The molecule has 0 saturated carbocycles. The van der Waals surface area contributed by atoms with Crippen molar-refractivity contribution in [1.29, 1.82) is 0 Å². The predicted molar refractivity (Wildman–Crippen MR) is 91.4 cm³/mol. The van der Waals surface area contributed by atoms with E-state index in [-0.39, 0.29) is 5.91 Å². The Bertz CT molecular complexity index is 733. The monoisotopic (exact) mass is 322 g/mol. The molecule has 2 atom stereocenters. The van der Waals surface area contributed by atoms with E-state index in [1.807, 2.05) is 42.3 Å². The molecule has 2 aliphatic rings. The van der Waals surface area contributed by atoms with Gasteiger partial charge in [-0.2, -0.15) is 0 Å². The number of piperidine rings is 1. The molecule has 2 fully saturated rings. The molecule has 0 aromatic carbocycles. The third-order valence-electron chi connectivity index (χ3n) is 5.16. The molecule has 5 heteroatoms. The number of pyridine rings is 2. The summed E-state index contributed by atoms with van der Waals surface area (Å²) >= 11 is 0. The highest BCUT2D eigenvalue weighted by atomic mass is 16.2. The van der Waals surface area contributed by atoms with Crippen LogP contribution in [-0.4, -0.2) is 51.4 Å². The first kappa shape index (κ1) is 15.3. The first-order valence-electron chi connectivity index (χ1n) is 8.56. The largest absolute Gasteiger partial charge is 0.336 e. The van der Waals surface area contributed by atoms with Gasteiger partial charge in [0.15, 0.2) is 0 Å². The Kier molecular flexibility index (Phi) is 4.02. The zero-order valence-electron chi connectivity index (χ0n) is 13.9. The van der Waals surface area contributed by atoms with Gasteiger partial charge in [0.1, 0.15) is 5.69 Å². The maximum absolute atomic E-state index is 12.7. The number of carbonyl (C=O) groups is 1. The summed E-state index contributed by atoms with van der Waals surface area (Å²) in [5.41, 5.74) is 2.68. The second-order valence-corrected chi connectivity index (χ2v) is 6.82. The van der Waals surface area contributed by atoms with E-state index in [1.54, 1.807) is 6.20 Å². The minimum Gasteiger partial charge on any atom is -0.336 e. The van der Waals surface area contributed by atoms with Crippen LogP contribution in [0.25, 0.3) is 0 Å². The molecule has 2 aromatic rings.